The average Bonchev–Trinajstić information content (AvgIpc) is 3.30. The molecular formula is C22H36N2O5S. The number of hydrogen-bond donors (Lipinski definition) is 2. The average molecular weight is 441 g/mol. The Labute approximate surface area is 183 Å². The van der Waals surface area contributed by atoms with Crippen molar-refractivity contribution in [1.82, 2.24) is 10.2 Å². The summed E-state index contributed by atoms with van der Waals surface area (Å²) in [6, 6.07) is -1.13. The molecule has 3 unspecified atom stereocenters. The van der Waals surface area contributed by atoms with Crippen LogP contribution in [0.15, 0.2) is 0 Å². The van der Waals surface area contributed by atoms with Crippen molar-refractivity contribution in [2.24, 2.45) is 17.8 Å². The lowest BCUT2D eigenvalue weighted by Crippen LogP contribution is -2.58. The SMILES string of the molecule is CCCC(C)NC(=O)C1N([C@@H](CO)C(C)C)C(=O)[C@@H]2[C@H](C(=O)OCC)[C@@H]3CCC12S3. The molecule has 0 aliphatic carbocycles. The highest BCUT2D eigenvalue weighted by molar-refractivity contribution is 8.02. The quantitative estimate of drug-likeness (QED) is 0.532. The molecule has 2 bridgehead atoms. The molecule has 0 radical (unpaired) electrons. The van der Waals surface area contributed by atoms with Gasteiger partial charge in [0.1, 0.15) is 6.04 Å². The molecule has 3 aliphatic rings. The van der Waals surface area contributed by atoms with Crippen LogP contribution in [-0.4, -0.2) is 69.1 Å². The molecule has 2 N–H and O–H groups in total. The van der Waals surface area contributed by atoms with Gasteiger partial charge in [-0.2, -0.15) is 0 Å². The van der Waals surface area contributed by atoms with Crippen molar-refractivity contribution in [3.63, 3.8) is 0 Å². The largest absolute Gasteiger partial charge is 0.466 e. The first-order valence-electron chi connectivity index (χ1n) is 11.3. The number of likely N-dealkylation sites (tertiary alicyclic amines) is 1. The first-order chi connectivity index (χ1) is 14.2. The molecule has 3 fully saturated rings. The van der Waals surface area contributed by atoms with Crippen LogP contribution in [0.1, 0.15) is 60.3 Å². The Kier molecular flexibility index (Phi) is 7.07. The minimum Gasteiger partial charge on any atom is -0.466 e. The lowest BCUT2D eigenvalue weighted by molar-refractivity contribution is -0.154. The van der Waals surface area contributed by atoms with Crippen LogP contribution < -0.4 is 5.32 Å². The number of aliphatic hydroxyl groups is 1. The highest BCUT2D eigenvalue weighted by Crippen LogP contribution is 2.66. The zero-order valence-corrected chi connectivity index (χ0v) is 19.5. The Hall–Kier alpha value is -1.28. The predicted octanol–water partition coefficient (Wildman–Crippen LogP) is 1.96. The minimum atomic E-state index is -0.678. The third-order valence-corrected chi connectivity index (χ3v) is 8.92. The summed E-state index contributed by atoms with van der Waals surface area (Å²) in [6.07, 6.45) is 3.33. The molecule has 2 amide bonds. The predicted molar refractivity (Wildman–Crippen MR) is 116 cm³/mol. The summed E-state index contributed by atoms with van der Waals surface area (Å²) in [6.45, 7) is 9.77. The lowest BCUT2D eigenvalue weighted by Gasteiger charge is -2.38. The van der Waals surface area contributed by atoms with Gasteiger partial charge < -0.3 is 20.1 Å². The van der Waals surface area contributed by atoms with E-state index in [1.54, 1.807) is 23.6 Å². The number of nitrogens with zero attached hydrogens (tertiary/aromatic N) is 1. The number of aliphatic hydroxyl groups excluding tert-OH is 1. The third-order valence-electron chi connectivity index (χ3n) is 6.97. The van der Waals surface area contributed by atoms with E-state index in [0.717, 1.165) is 25.7 Å². The standard InChI is InChI=1S/C22H36N2O5S/c1-6-8-13(5)23-19(26)18-22-10-9-15(30-22)16(21(28)29-7-2)17(22)20(27)24(18)14(11-25)12(3)4/h12-18,25H,6-11H2,1-5H3,(H,23,26)/t13?,14-,15-,16+,17-,18?,22?/m0/s1. The van der Waals surface area contributed by atoms with Crippen LogP contribution >= 0.6 is 11.8 Å². The highest BCUT2D eigenvalue weighted by atomic mass is 32.2. The van der Waals surface area contributed by atoms with Gasteiger partial charge in [0.2, 0.25) is 11.8 Å². The molecule has 170 valence electrons. The molecule has 7 atom stereocenters. The van der Waals surface area contributed by atoms with Crippen LogP contribution in [-0.2, 0) is 19.1 Å². The van der Waals surface area contributed by atoms with E-state index in [-0.39, 0.29) is 48.2 Å². The van der Waals surface area contributed by atoms with Crippen molar-refractivity contribution in [3.05, 3.63) is 0 Å². The highest BCUT2D eigenvalue weighted by Gasteiger charge is 2.74. The molecule has 8 heteroatoms. The number of amides is 2. The van der Waals surface area contributed by atoms with E-state index >= 15 is 0 Å². The fraction of sp³-hybridized carbons (Fsp3) is 0.864. The maximum Gasteiger partial charge on any atom is 0.310 e. The van der Waals surface area contributed by atoms with E-state index in [1.165, 1.54) is 0 Å². The Morgan fingerprint density at radius 1 is 1.33 bits per heavy atom. The van der Waals surface area contributed by atoms with Gasteiger partial charge in [-0.1, -0.05) is 27.2 Å². The molecule has 7 nitrogen and oxygen atoms in total. The Morgan fingerprint density at radius 2 is 2.03 bits per heavy atom. The molecule has 3 heterocycles. The Balaban J connectivity index is 2.02. The molecule has 3 saturated heterocycles. The summed E-state index contributed by atoms with van der Waals surface area (Å²) < 4.78 is 4.69. The van der Waals surface area contributed by atoms with Gasteiger partial charge >= 0.3 is 5.97 Å². The number of thioether (sulfide) groups is 1. The van der Waals surface area contributed by atoms with Crippen molar-refractivity contribution < 1.29 is 24.2 Å². The van der Waals surface area contributed by atoms with Crippen molar-refractivity contribution in [1.29, 1.82) is 0 Å². The monoisotopic (exact) mass is 440 g/mol. The fourth-order valence-electron chi connectivity index (χ4n) is 5.70. The Bertz CT molecular complexity index is 686. The number of hydrogen-bond acceptors (Lipinski definition) is 6. The van der Waals surface area contributed by atoms with E-state index < -0.39 is 28.7 Å². The lowest BCUT2D eigenvalue weighted by atomic mass is 9.71. The van der Waals surface area contributed by atoms with Gasteiger partial charge in [0, 0.05) is 11.3 Å². The van der Waals surface area contributed by atoms with E-state index in [4.69, 9.17) is 4.74 Å². The van der Waals surface area contributed by atoms with Crippen molar-refractivity contribution >= 4 is 29.5 Å². The van der Waals surface area contributed by atoms with Crippen LogP contribution in [0.25, 0.3) is 0 Å². The fourth-order valence-corrected chi connectivity index (χ4v) is 7.89. The molecule has 3 rings (SSSR count). The van der Waals surface area contributed by atoms with Crippen LogP contribution in [0.4, 0.5) is 0 Å². The van der Waals surface area contributed by atoms with Crippen LogP contribution in [0.2, 0.25) is 0 Å². The van der Waals surface area contributed by atoms with Crippen molar-refractivity contribution in [3.8, 4) is 0 Å². The van der Waals surface area contributed by atoms with Gasteiger partial charge in [0.25, 0.3) is 0 Å². The minimum absolute atomic E-state index is 0.00554. The molecule has 0 aromatic heterocycles. The summed E-state index contributed by atoms with van der Waals surface area (Å²) in [5.74, 6) is -1.77. The maximum absolute atomic E-state index is 13.7. The van der Waals surface area contributed by atoms with E-state index in [1.807, 2.05) is 20.8 Å². The van der Waals surface area contributed by atoms with Gasteiger partial charge in [-0.25, -0.2) is 0 Å². The van der Waals surface area contributed by atoms with Gasteiger partial charge in [-0.15, -0.1) is 11.8 Å². The van der Waals surface area contributed by atoms with Crippen LogP contribution in [0.5, 0.6) is 0 Å². The summed E-state index contributed by atoms with van der Waals surface area (Å²) in [5.41, 5.74) is 0. The summed E-state index contributed by atoms with van der Waals surface area (Å²) >= 11 is 1.63. The van der Waals surface area contributed by atoms with Crippen molar-refractivity contribution in [2.75, 3.05) is 13.2 Å². The number of ether oxygens (including phenoxy) is 1. The zero-order valence-electron chi connectivity index (χ0n) is 18.7. The normalized spacial score (nSPS) is 34.2. The van der Waals surface area contributed by atoms with Gasteiger partial charge in [-0.3, -0.25) is 14.4 Å². The van der Waals surface area contributed by atoms with E-state index in [2.05, 4.69) is 12.2 Å². The van der Waals surface area contributed by atoms with Gasteiger partial charge in [-0.05, 0) is 39.0 Å². The first-order valence-corrected chi connectivity index (χ1v) is 12.2. The van der Waals surface area contributed by atoms with Crippen LogP contribution in [0, 0.1) is 17.8 Å². The second kappa shape index (κ2) is 9.07. The summed E-state index contributed by atoms with van der Waals surface area (Å²) in [7, 11) is 0. The first kappa shape index (κ1) is 23.4. The number of esters is 1. The van der Waals surface area contributed by atoms with E-state index in [0.29, 0.717) is 0 Å². The molecule has 30 heavy (non-hydrogen) atoms. The molecule has 0 aromatic carbocycles. The molecule has 1 spiro atoms. The smallest absolute Gasteiger partial charge is 0.310 e. The summed E-state index contributed by atoms with van der Waals surface area (Å²) in [5, 5.41) is 13.2. The second-order valence-corrected chi connectivity index (χ2v) is 10.8. The number of fused-ring (bicyclic) bond motifs is 1. The van der Waals surface area contributed by atoms with Gasteiger partial charge in [0.05, 0.1) is 35.8 Å². The van der Waals surface area contributed by atoms with Crippen LogP contribution in [0.3, 0.4) is 0 Å². The number of nitrogens with one attached hydrogen (secondary N) is 1. The molecule has 3 aliphatic heterocycles. The zero-order chi connectivity index (χ0) is 22.2. The molecular weight excluding hydrogens is 404 g/mol. The van der Waals surface area contributed by atoms with Crippen molar-refractivity contribution in [2.45, 2.75) is 88.4 Å². The summed E-state index contributed by atoms with van der Waals surface area (Å²) in [4.78, 5) is 41.7. The second-order valence-electron chi connectivity index (χ2n) is 9.25. The topological polar surface area (TPSA) is 95.9 Å². The van der Waals surface area contributed by atoms with E-state index in [9.17, 15) is 19.5 Å². The Morgan fingerprint density at radius 3 is 2.60 bits per heavy atom. The maximum atomic E-state index is 13.7. The molecule has 0 saturated carbocycles. The third kappa shape index (κ3) is 3.64. The number of carbonyl (C=O) groups excluding carboxylic acids is 3. The number of carbonyl (C=O) groups is 3. The van der Waals surface area contributed by atoms with Gasteiger partial charge in [0.15, 0.2) is 0 Å². The molecule has 0 aromatic rings. The number of rotatable bonds is 9.